The number of para-hydroxylation sites is 1. The Bertz CT molecular complexity index is 1130. The molecule has 5 rings (SSSR count). The number of likely N-dealkylation sites (tertiary alicyclic amines) is 2. The molecule has 0 bridgehead atoms. The highest BCUT2D eigenvalue weighted by Crippen LogP contribution is 2.38. The van der Waals surface area contributed by atoms with Crippen LogP contribution in [0.1, 0.15) is 46.2 Å². The van der Waals surface area contributed by atoms with Crippen LogP contribution >= 0.6 is 11.3 Å². The second-order valence-electron chi connectivity index (χ2n) is 9.43. The van der Waals surface area contributed by atoms with Crippen molar-refractivity contribution in [1.29, 1.82) is 0 Å². The number of phenolic OH excluding ortho intramolecular Hbond substituents is 2. The van der Waals surface area contributed by atoms with Crippen molar-refractivity contribution in [2.45, 2.75) is 24.7 Å². The highest BCUT2D eigenvalue weighted by Gasteiger charge is 2.38. The third kappa shape index (κ3) is 4.68. The maximum Gasteiger partial charge on any atom is 0.257 e. The molecule has 0 aliphatic carbocycles. The van der Waals surface area contributed by atoms with Crippen molar-refractivity contribution in [2.24, 2.45) is 5.92 Å². The number of thiophene rings is 1. The minimum atomic E-state index is -0.356. The number of carbonyl (C=O) groups is 1. The lowest BCUT2D eigenvalue weighted by Crippen LogP contribution is -2.38. The second-order valence-corrected chi connectivity index (χ2v) is 10.2. The van der Waals surface area contributed by atoms with Gasteiger partial charge in [-0.25, -0.2) is 4.39 Å². The van der Waals surface area contributed by atoms with Crippen molar-refractivity contribution >= 4 is 17.2 Å². The number of benzene rings is 2. The number of hydrogen-bond donors (Lipinski definition) is 2. The Balaban J connectivity index is 1.27. The SMILES string of the molecule is O=C(c1cccc(O)c1O)N1CC(CN2CCC(c3ccc(F)cc3)CC2)C(c2ccsc2)C1. The molecule has 0 spiro atoms. The van der Waals surface area contributed by atoms with Crippen molar-refractivity contribution in [3.05, 3.63) is 81.8 Å². The third-order valence-corrected chi connectivity index (χ3v) is 8.07. The summed E-state index contributed by atoms with van der Waals surface area (Å²) in [7, 11) is 0. The number of phenols is 2. The van der Waals surface area contributed by atoms with Crippen molar-refractivity contribution in [2.75, 3.05) is 32.7 Å². The first kappa shape index (κ1) is 22.9. The lowest BCUT2D eigenvalue weighted by Gasteiger charge is -2.34. The van der Waals surface area contributed by atoms with E-state index in [1.54, 1.807) is 35.6 Å². The van der Waals surface area contributed by atoms with E-state index in [4.69, 9.17) is 0 Å². The van der Waals surface area contributed by atoms with E-state index >= 15 is 0 Å². The van der Waals surface area contributed by atoms with E-state index in [0.717, 1.165) is 32.5 Å². The van der Waals surface area contributed by atoms with Gasteiger partial charge >= 0.3 is 0 Å². The zero-order valence-electron chi connectivity index (χ0n) is 18.9. The van der Waals surface area contributed by atoms with Gasteiger partial charge in [0.1, 0.15) is 5.82 Å². The molecule has 2 aromatic carbocycles. The molecule has 2 aliphatic rings. The fraction of sp³-hybridized carbons (Fsp3) is 0.370. The molecule has 2 saturated heterocycles. The minimum absolute atomic E-state index is 0.143. The molecule has 2 atom stereocenters. The maximum absolute atomic E-state index is 13.3. The summed E-state index contributed by atoms with van der Waals surface area (Å²) < 4.78 is 13.3. The van der Waals surface area contributed by atoms with Crippen molar-refractivity contribution < 1.29 is 19.4 Å². The maximum atomic E-state index is 13.3. The Morgan fingerprint density at radius 1 is 1.00 bits per heavy atom. The fourth-order valence-electron chi connectivity index (χ4n) is 5.48. The summed E-state index contributed by atoms with van der Waals surface area (Å²) in [6, 6.07) is 13.6. The number of hydrogen-bond acceptors (Lipinski definition) is 5. The van der Waals surface area contributed by atoms with Crippen LogP contribution in [0.3, 0.4) is 0 Å². The van der Waals surface area contributed by atoms with E-state index in [0.29, 0.717) is 24.9 Å². The average molecular weight is 481 g/mol. The predicted octanol–water partition coefficient (Wildman–Crippen LogP) is 5.03. The molecule has 34 heavy (non-hydrogen) atoms. The fourth-order valence-corrected chi connectivity index (χ4v) is 6.20. The second kappa shape index (κ2) is 9.76. The van der Waals surface area contributed by atoms with E-state index in [9.17, 15) is 19.4 Å². The van der Waals surface area contributed by atoms with Crippen LogP contribution in [0.25, 0.3) is 0 Å². The highest BCUT2D eigenvalue weighted by atomic mass is 32.1. The molecule has 3 heterocycles. The topological polar surface area (TPSA) is 64.0 Å². The molecular weight excluding hydrogens is 451 g/mol. The molecule has 2 fully saturated rings. The average Bonchev–Trinajstić information content (AvgIpc) is 3.52. The first-order valence-electron chi connectivity index (χ1n) is 11.8. The van der Waals surface area contributed by atoms with Crippen LogP contribution in [0, 0.1) is 11.7 Å². The van der Waals surface area contributed by atoms with E-state index in [-0.39, 0.29) is 34.7 Å². The molecule has 7 heteroatoms. The number of amides is 1. The number of carbonyl (C=O) groups excluding carboxylic acids is 1. The number of piperidine rings is 1. The molecule has 0 radical (unpaired) electrons. The highest BCUT2D eigenvalue weighted by molar-refractivity contribution is 7.08. The number of nitrogens with zero attached hydrogens (tertiary/aromatic N) is 2. The van der Waals surface area contributed by atoms with Gasteiger partial charge < -0.3 is 20.0 Å². The monoisotopic (exact) mass is 480 g/mol. The third-order valence-electron chi connectivity index (χ3n) is 7.37. The Morgan fingerprint density at radius 2 is 1.76 bits per heavy atom. The van der Waals surface area contributed by atoms with Crippen LogP contribution < -0.4 is 0 Å². The van der Waals surface area contributed by atoms with Crippen molar-refractivity contribution in [1.82, 2.24) is 9.80 Å². The molecular formula is C27H29FN2O3S. The van der Waals surface area contributed by atoms with Gasteiger partial charge in [0.15, 0.2) is 11.5 Å². The molecule has 5 nitrogen and oxygen atoms in total. The zero-order valence-corrected chi connectivity index (χ0v) is 19.8. The van der Waals surface area contributed by atoms with Gasteiger partial charge in [-0.1, -0.05) is 18.2 Å². The van der Waals surface area contributed by atoms with Gasteiger partial charge in [-0.3, -0.25) is 4.79 Å². The first-order valence-corrected chi connectivity index (χ1v) is 12.7. The molecule has 178 valence electrons. The van der Waals surface area contributed by atoms with Gasteiger partial charge in [0.2, 0.25) is 0 Å². The number of rotatable bonds is 5. The van der Waals surface area contributed by atoms with Crippen LogP contribution in [0.4, 0.5) is 4.39 Å². The van der Waals surface area contributed by atoms with Crippen molar-refractivity contribution in [3.63, 3.8) is 0 Å². The van der Waals surface area contributed by atoms with E-state index in [1.807, 2.05) is 17.0 Å². The minimum Gasteiger partial charge on any atom is -0.504 e. The molecule has 1 amide bonds. The summed E-state index contributed by atoms with van der Waals surface area (Å²) in [6.07, 6.45) is 2.09. The van der Waals surface area contributed by atoms with Crippen LogP contribution in [0.2, 0.25) is 0 Å². The lowest BCUT2D eigenvalue weighted by molar-refractivity contribution is 0.0777. The van der Waals surface area contributed by atoms with Crippen LogP contribution in [0.5, 0.6) is 11.5 Å². The predicted molar refractivity (Wildman–Crippen MR) is 131 cm³/mol. The molecule has 3 aromatic rings. The number of aromatic hydroxyl groups is 2. The van der Waals surface area contributed by atoms with Gasteiger partial charge in [-0.15, -0.1) is 0 Å². The summed E-state index contributed by atoms with van der Waals surface area (Å²) in [5.41, 5.74) is 2.61. The molecule has 1 aromatic heterocycles. The van der Waals surface area contributed by atoms with Crippen LogP contribution in [-0.4, -0.2) is 58.6 Å². The van der Waals surface area contributed by atoms with Crippen LogP contribution in [0.15, 0.2) is 59.3 Å². The largest absolute Gasteiger partial charge is 0.504 e. The van der Waals surface area contributed by atoms with Gasteiger partial charge in [0.05, 0.1) is 5.56 Å². The van der Waals surface area contributed by atoms with Gasteiger partial charge in [0, 0.05) is 25.6 Å². The Hall–Kier alpha value is -2.90. The Labute approximate surface area is 203 Å². The first-order chi connectivity index (χ1) is 16.5. The van der Waals surface area contributed by atoms with E-state index in [2.05, 4.69) is 21.7 Å². The van der Waals surface area contributed by atoms with Gasteiger partial charge in [0.25, 0.3) is 5.91 Å². The summed E-state index contributed by atoms with van der Waals surface area (Å²) >= 11 is 1.67. The normalized spacial score (nSPS) is 21.7. The summed E-state index contributed by atoms with van der Waals surface area (Å²) in [6.45, 7) is 4.09. The molecule has 2 N–H and O–H groups in total. The molecule has 2 aliphatic heterocycles. The standard InChI is InChI=1S/C27H29FN2O3S/c28-22-6-4-18(5-7-22)19-8-11-29(12-9-19)14-21-15-30(16-24(21)20-10-13-34-17-20)27(33)23-2-1-3-25(31)26(23)32/h1-7,10,13,17,19,21,24,31-32H,8-9,11-12,14-16H2. The van der Waals surface area contributed by atoms with Crippen LogP contribution in [-0.2, 0) is 0 Å². The summed E-state index contributed by atoms with van der Waals surface area (Å²) in [4.78, 5) is 17.5. The zero-order chi connectivity index (χ0) is 23.7. The summed E-state index contributed by atoms with van der Waals surface area (Å²) in [5.74, 6) is -0.0816. The molecule has 2 unspecified atom stereocenters. The molecule has 0 saturated carbocycles. The smallest absolute Gasteiger partial charge is 0.257 e. The van der Waals surface area contributed by atoms with Gasteiger partial charge in [-0.05, 0) is 90.0 Å². The Morgan fingerprint density at radius 3 is 2.47 bits per heavy atom. The van der Waals surface area contributed by atoms with E-state index < -0.39 is 0 Å². The summed E-state index contributed by atoms with van der Waals surface area (Å²) in [5, 5.41) is 24.3. The lowest BCUT2D eigenvalue weighted by atomic mass is 9.87. The van der Waals surface area contributed by atoms with Gasteiger partial charge in [-0.2, -0.15) is 11.3 Å². The quantitative estimate of drug-likeness (QED) is 0.503. The van der Waals surface area contributed by atoms with E-state index in [1.165, 1.54) is 17.2 Å². The van der Waals surface area contributed by atoms with Crippen molar-refractivity contribution in [3.8, 4) is 11.5 Å². The number of halogens is 1. The Kier molecular flexibility index (Phi) is 6.57.